The Morgan fingerprint density at radius 1 is 1.42 bits per heavy atom. The molecule has 0 heterocycles. The number of hydrogen-bond donors (Lipinski definition) is 0. The standard InChI is InChI=1S/C14H16F2N2O/c1-9(6-7-17)18(3)10(2)14(19)12-5-4-11(15)8-13(12)16/h4-5,8-10H,6H2,1-3H3. The Balaban J connectivity index is 2.91. The Kier molecular flexibility index (Phi) is 5.13. The average molecular weight is 266 g/mol. The van der Waals surface area contributed by atoms with Crippen LogP contribution in [0.4, 0.5) is 8.78 Å². The molecule has 102 valence electrons. The van der Waals surface area contributed by atoms with Crippen LogP contribution in [0.5, 0.6) is 0 Å². The number of hydrogen-bond acceptors (Lipinski definition) is 3. The van der Waals surface area contributed by atoms with Gasteiger partial charge in [0.25, 0.3) is 0 Å². The molecule has 2 unspecified atom stereocenters. The molecule has 0 bridgehead atoms. The highest BCUT2D eigenvalue weighted by atomic mass is 19.1. The van der Waals surface area contributed by atoms with Gasteiger partial charge in [-0.05, 0) is 33.0 Å². The molecule has 0 fully saturated rings. The summed E-state index contributed by atoms with van der Waals surface area (Å²) in [5.74, 6) is -2.00. The van der Waals surface area contributed by atoms with Crippen LogP contribution in [0.25, 0.3) is 0 Å². The van der Waals surface area contributed by atoms with E-state index in [9.17, 15) is 13.6 Å². The van der Waals surface area contributed by atoms with E-state index in [0.29, 0.717) is 6.07 Å². The minimum atomic E-state index is -0.863. The van der Waals surface area contributed by atoms with Crippen LogP contribution in [0.1, 0.15) is 30.6 Å². The number of benzene rings is 1. The van der Waals surface area contributed by atoms with Crippen LogP contribution in [0.3, 0.4) is 0 Å². The molecular weight excluding hydrogens is 250 g/mol. The van der Waals surface area contributed by atoms with Gasteiger partial charge >= 0.3 is 0 Å². The molecule has 0 saturated carbocycles. The highest BCUT2D eigenvalue weighted by Crippen LogP contribution is 2.15. The highest BCUT2D eigenvalue weighted by molar-refractivity contribution is 6.00. The Morgan fingerprint density at radius 3 is 2.58 bits per heavy atom. The summed E-state index contributed by atoms with van der Waals surface area (Å²) < 4.78 is 26.3. The number of ketones is 1. The van der Waals surface area contributed by atoms with Crippen LogP contribution in [0, 0.1) is 23.0 Å². The van der Waals surface area contributed by atoms with Gasteiger partial charge in [0.1, 0.15) is 11.6 Å². The van der Waals surface area contributed by atoms with E-state index in [1.165, 1.54) is 0 Å². The van der Waals surface area contributed by atoms with Gasteiger partial charge in [-0.2, -0.15) is 5.26 Å². The van der Waals surface area contributed by atoms with Crippen LogP contribution in [0.15, 0.2) is 18.2 Å². The fourth-order valence-electron chi connectivity index (χ4n) is 1.76. The first-order valence-electron chi connectivity index (χ1n) is 5.96. The second-order valence-corrected chi connectivity index (χ2v) is 4.54. The average Bonchev–Trinajstić information content (AvgIpc) is 2.36. The van der Waals surface area contributed by atoms with E-state index in [1.54, 1.807) is 18.9 Å². The van der Waals surface area contributed by atoms with Crippen molar-refractivity contribution in [2.75, 3.05) is 7.05 Å². The van der Waals surface area contributed by atoms with Crippen molar-refractivity contribution in [2.24, 2.45) is 0 Å². The summed E-state index contributed by atoms with van der Waals surface area (Å²) in [6.07, 6.45) is 0.278. The van der Waals surface area contributed by atoms with Gasteiger partial charge < -0.3 is 0 Å². The van der Waals surface area contributed by atoms with Crippen molar-refractivity contribution in [2.45, 2.75) is 32.4 Å². The summed E-state index contributed by atoms with van der Waals surface area (Å²) in [4.78, 5) is 13.8. The van der Waals surface area contributed by atoms with Crippen molar-refractivity contribution in [3.8, 4) is 6.07 Å². The second kappa shape index (κ2) is 6.39. The molecule has 1 aromatic carbocycles. The Hall–Kier alpha value is -1.80. The summed E-state index contributed by atoms with van der Waals surface area (Å²) in [6.45, 7) is 3.45. The quantitative estimate of drug-likeness (QED) is 0.770. The molecule has 19 heavy (non-hydrogen) atoms. The van der Waals surface area contributed by atoms with E-state index in [2.05, 4.69) is 0 Å². The van der Waals surface area contributed by atoms with Crippen LogP contribution < -0.4 is 0 Å². The molecule has 0 aromatic heterocycles. The van der Waals surface area contributed by atoms with Gasteiger partial charge in [-0.3, -0.25) is 9.69 Å². The minimum absolute atomic E-state index is 0.118. The summed E-state index contributed by atoms with van der Waals surface area (Å²) in [7, 11) is 1.70. The number of nitriles is 1. The molecule has 0 N–H and O–H groups in total. The van der Waals surface area contributed by atoms with E-state index in [-0.39, 0.29) is 18.0 Å². The van der Waals surface area contributed by atoms with Gasteiger partial charge in [0, 0.05) is 12.1 Å². The van der Waals surface area contributed by atoms with Crippen LogP contribution in [-0.2, 0) is 0 Å². The molecule has 2 atom stereocenters. The van der Waals surface area contributed by atoms with E-state index in [0.717, 1.165) is 12.1 Å². The number of halogens is 2. The fraction of sp³-hybridized carbons (Fsp3) is 0.429. The first kappa shape index (κ1) is 15.3. The van der Waals surface area contributed by atoms with Gasteiger partial charge in [-0.1, -0.05) is 0 Å². The molecule has 0 radical (unpaired) electrons. The van der Waals surface area contributed by atoms with Crippen LogP contribution in [0.2, 0.25) is 0 Å². The molecule has 3 nitrogen and oxygen atoms in total. The van der Waals surface area contributed by atoms with Gasteiger partial charge in [-0.25, -0.2) is 8.78 Å². The maximum Gasteiger partial charge on any atom is 0.182 e. The van der Waals surface area contributed by atoms with Crippen molar-refractivity contribution >= 4 is 5.78 Å². The molecule has 0 spiro atoms. The largest absolute Gasteiger partial charge is 0.293 e. The lowest BCUT2D eigenvalue weighted by molar-refractivity contribution is 0.0824. The molecule has 0 amide bonds. The number of rotatable bonds is 5. The number of Topliss-reactive ketones (excluding diaryl/α,β-unsaturated/α-hetero) is 1. The molecule has 0 aliphatic heterocycles. The zero-order valence-electron chi connectivity index (χ0n) is 11.2. The summed E-state index contributed by atoms with van der Waals surface area (Å²) in [5, 5.41) is 8.63. The number of carbonyl (C=O) groups is 1. The lowest BCUT2D eigenvalue weighted by Gasteiger charge is -2.28. The van der Waals surface area contributed by atoms with Gasteiger partial charge in [0.2, 0.25) is 0 Å². The molecule has 5 heteroatoms. The van der Waals surface area contributed by atoms with E-state index in [4.69, 9.17) is 5.26 Å². The topological polar surface area (TPSA) is 44.1 Å². The number of nitrogens with zero attached hydrogens (tertiary/aromatic N) is 2. The molecule has 0 aliphatic rings. The molecule has 0 saturated heterocycles. The highest BCUT2D eigenvalue weighted by Gasteiger charge is 2.25. The Bertz CT molecular complexity index is 511. The van der Waals surface area contributed by atoms with E-state index < -0.39 is 23.5 Å². The van der Waals surface area contributed by atoms with Crippen molar-refractivity contribution in [3.63, 3.8) is 0 Å². The predicted octanol–water partition coefficient (Wildman–Crippen LogP) is 2.77. The Morgan fingerprint density at radius 2 is 2.05 bits per heavy atom. The van der Waals surface area contributed by atoms with Crippen LogP contribution in [-0.4, -0.2) is 29.8 Å². The number of likely N-dealkylation sites (N-methyl/N-ethyl adjacent to an activating group) is 1. The zero-order chi connectivity index (χ0) is 14.6. The molecule has 1 aromatic rings. The fourth-order valence-corrected chi connectivity index (χ4v) is 1.76. The van der Waals surface area contributed by atoms with Gasteiger partial charge in [0.05, 0.1) is 24.1 Å². The van der Waals surface area contributed by atoms with Crippen molar-refractivity contribution in [1.29, 1.82) is 5.26 Å². The predicted molar refractivity (Wildman–Crippen MR) is 67.6 cm³/mol. The van der Waals surface area contributed by atoms with Crippen molar-refractivity contribution in [1.82, 2.24) is 4.90 Å². The number of carbonyl (C=O) groups excluding carboxylic acids is 1. The van der Waals surface area contributed by atoms with Gasteiger partial charge in [-0.15, -0.1) is 0 Å². The zero-order valence-corrected chi connectivity index (χ0v) is 11.2. The van der Waals surface area contributed by atoms with E-state index >= 15 is 0 Å². The summed E-state index contributed by atoms with van der Waals surface area (Å²) >= 11 is 0. The van der Waals surface area contributed by atoms with Crippen molar-refractivity contribution in [3.05, 3.63) is 35.4 Å². The first-order chi connectivity index (χ1) is 8.88. The Labute approximate surface area is 111 Å². The van der Waals surface area contributed by atoms with Gasteiger partial charge in [0.15, 0.2) is 5.78 Å². The normalized spacial score (nSPS) is 13.9. The SMILES string of the molecule is CC(CC#N)N(C)C(C)C(=O)c1ccc(F)cc1F. The smallest absolute Gasteiger partial charge is 0.182 e. The monoisotopic (exact) mass is 266 g/mol. The molecule has 1 rings (SSSR count). The third kappa shape index (κ3) is 3.58. The summed E-state index contributed by atoms with van der Waals surface area (Å²) in [6, 6.07) is 4.22. The lowest BCUT2D eigenvalue weighted by Crippen LogP contribution is -2.41. The van der Waals surface area contributed by atoms with Crippen molar-refractivity contribution < 1.29 is 13.6 Å². The molecule has 0 aliphatic carbocycles. The summed E-state index contributed by atoms with van der Waals surface area (Å²) in [5.41, 5.74) is -0.134. The minimum Gasteiger partial charge on any atom is -0.293 e. The maximum absolute atomic E-state index is 13.5. The van der Waals surface area contributed by atoms with E-state index in [1.807, 2.05) is 13.0 Å². The molecular formula is C14H16F2N2O. The maximum atomic E-state index is 13.5. The van der Waals surface area contributed by atoms with Crippen LogP contribution >= 0.6 is 0 Å². The lowest BCUT2D eigenvalue weighted by atomic mass is 10.0. The third-order valence-electron chi connectivity index (χ3n) is 3.27. The second-order valence-electron chi connectivity index (χ2n) is 4.54. The first-order valence-corrected chi connectivity index (χ1v) is 5.96. The third-order valence-corrected chi connectivity index (χ3v) is 3.27.